The molecule has 4 nitrogen and oxygen atoms in total. The first kappa shape index (κ1) is 20.5. The third kappa shape index (κ3) is 4.66. The van der Waals surface area contributed by atoms with Gasteiger partial charge in [0.25, 0.3) is 0 Å². The lowest BCUT2D eigenvalue weighted by atomic mass is 9.71. The molecule has 0 N–H and O–H groups in total. The summed E-state index contributed by atoms with van der Waals surface area (Å²) in [6.07, 6.45) is 0.254. The van der Waals surface area contributed by atoms with Crippen LogP contribution < -0.4 is 9.47 Å². The normalized spacial score (nSPS) is 17.2. The third-order valence-corrected chi connectivity index (χ3v) is 5.61. The Kier molecular flexibility index (Phi) is 6.36. The molecule has 3 aromatic carbocycles. The molecule has 0 bridgehead atoms. The van der Waals surface area contributed by atoms with E-state index in [2.05, 4.69) is 55.5 Å². The molecular formula is C26H28O4. The van der Waals surface area contributed by atoms with Gasteiger partial charge in [0.1, 0.15) is 30.8 Å². The fourth-order valence-corrected chi connectivity index (χ4v) is 3.64. The summed E-state index contributed by atoms with van der Waals surface area (Å²) in [7, 11) is 1.67. The standard InChI is InChI=1S/C26H28O4/c1-26(20-6-4-3-5-7-20,21-8-12-23(13-9-21)28-17-16-27-2)22-10-14-24(15-11-22)29-18-25-19-30-25/h3-15,25H,16-19H2,1-2H3. The van der Waals surface area contributed by atoms with E-state index in [4.69, 9.17) is 18.9 Å². The van der Waals surface area contributed by atoms with Gasteiger partial charge in [-0.05, 0) is 47.9 Å². The Labute approximate surface area is 178 Å². The summed E-state index contributed by atoms with van der Waals surface area (Å²) >= 11 is 0. The van der Waals surface area contributed by atoms with Gasteiger partial charge in [-0.25, -0.2) is 0 Å². The van der Waals surface area contributed by atoms with E-state index in [-0.39, 0.29) is 11.5 Å². The van der Waals surface area contributed by atoms with Crippen molar-refractivity contribution in [1.82, 2.24) is 0 Å². The van der Waals surface area contributed by atoms with Gasteiger partial charge in [-0.15, -0.1) is 0 Å². The van der Waals surface area contributed by atoms with Crippen molar-refractivity contribution >= 4 is 0 Å². The Morgan fingerprint density at radius 2 is 1.30 bits per heavy atom. The van der Waals surface area contributed by atoms with Gasteiger partial charge in [0.15, 0.2) is 0 Å². The first-order chi connectivity index (χ1) is 14.7. The van der Waals surface area contributed by atoms with Crippen LogP contribution in [0.4, 0.5) is 0 Å². The van der Waals surface area contributed by atoms with Crippen LogP contribution in [0.3, 0.4) is 0 Å². The molecule has 3 aromatic rings. The minimum Gasteiger partial charge on any atom is -0.491 e. The highest BCUT2D eigenvalue weighted by atomic mass is 16.6. The average molecular weight is 405 g/mol. The van der Waals surface area contributed by atoms with Gasteiger partial charge in [0.05, 0.1) is 13.2 Å². The predicted octanol–water partition coefficient (Wildman–Crippen LogP) is 4.84. The van der Waals surface area contributed by atoms with Crippen LogP contribution in [0.1, 0.15) is 23.6 Å². The molecule has 0 radical (unpaired) electrons. The molecule has 0 amide bonds. The van der Waals surface area contributed by atoms with Gasteiger partial charge in [0.2, 0.25) is 0 Å². The lowest BCUT2D eigenvalue weighted by Crippen LogP contribution is -2.25. The monoisotopic (exact) mass is 404 g/mol. The molecule has 4 rings (SSSR count). The third-order valence-electron chi connectivity index (χ3n) is 5.61. The second kappa shape index (κ2) is 9.33. The van der Waals surface area contributed by atoms with Crippen molar-refractivity contribution in [2.75, 3.05) is 33.5 Å². The Hall–Kier alpha value is -2.82. The van der Waals surface area contributed by atoms with Crippen LogP contribution >= 0.6 is 0 Å². The van der Waals surface area contributed by atoms with Crippen LogP contribution in [0.15, 0.2) is 78.9 Å². The summed E-state index contributed by atoms with van der Waals surface area (Å²) in [6.45, 7) is 4.79. The first-order valence-electron chi connectivity index (χ1n) is 10.3. The SMILES string of the molecule is COCCOc1ccc(C(C)(c2ccccc2)c2ccc(OCC3CO3)cc2)cc1. The molecule has 4 heteroatoms. The van der Waals surface area contributed by atoms with E-state index in [1.54, 1.807) is 7.11 Å². The van der Waals surface area contributed by atoms with Crippen molar-refractivity contribution < 1.29 is 18.9 Å². The summed E-state index contributed by atoms with van der Waals surface area (Å²) in [5, 5.41) is 0. The second-order valence-electron chi connectivity index (χ2n) is 7.65. The van der Waals surface area contributed by atoms with E-state index in [1.807, 2.05) is 30.3 Å². The van der Waals surface area contributed by atoms with E-state index in [0.717, 1.165) is 18.1 Å². The summed E-state index contributed by atoms with van der Waals surface area (Å²) < 4.78 is 21.8. The molecule has 0 saturated carbocycles. The van der Waals surface area contributed by atoms with Gasteiger partial charge >= 0.3 is 0 Å². The molecule has 2 unspecified atom stereocenters. The lowest BCUT2D eigenvalue weighted by molar-refractivity contribution is 0.146. The highest BCUT2D eigenvalue weighted by Crippen LogP contribution is 2.39. The summed E-state index contributed by atoms with van der Waals surface area (Å²) in [6, 6.07) is 27.3. The average Bonchev–Trinajstić information content (AvgIpc) is 3.63. The molecule has 2 atom stereocenters. The number of epoxide rings is 1. The minimum atomic E-state index is -0.301. The number of benzene rings is 3. The van der Waals surface area contributed by atoms with E-state index in [1.165, 1.54) is 16.7 Å². The molecule has 1 fully saturated rings. The van der Waals surface area contributed by atoms with Crippen molar-refractivity contribution in [3.05, 3.63) is 95.6 Å². The van der Waals surface area contributed by atoms with Gasteiger partial charge in [-0.1, -0.05) is 54.6 Å². The van der Waals surface area contributed by atoms with Crippen molar-refractivity contribution in [2.24, 2.45) is 0 Å². The highest BCUT2D eigenvalue weighted by Gasteiger charge is 2.31. The van der Waals surface area contributed by atoms with Crippen molar-refractivity contribution in [1.29, 1.82) is 0 Å². The van der Waals surface area contributed by atoms with Crippen molar-refractivity contribution in [2.45, 2.75) is 18.4 Å². The largest absolute Gasteiger partial charge is 0.491 e. The highest BCUT2D eigenvalue weighted by molar-refractivity contribution is 5.51. The quantitative estimate of drug-likeness (QED) is 0.275. The zero-order valence-corrected chi connectivity index (χ0v) is 17.5. The number of methoxy groups -OCH3 is 1. The van der Waals surface area contributed by atoms with Crippen LogP contribution in [0.25, 0.3) is 0 Å². The molecule has 30 heavy (non-hydrogen) atoms. The van der Waals surface area contributed by atoms with Crippen LogP contribution in [-0.2, 0) is 14.9 Å². The fourth-order valence-electron chi connectivity index (χ4n) is 3.64. The van der Waals surface area contributed by atoms with Crippen LogP contribution in [-0.4, -0.2) is 39.6 Å². The Morgan fingerprint density at radius 3 is 1.83 bits per heavy atom. The fraction of sp³-hybridized carbons (Fsp3) is 0.308. The maximum atomic E-state index is 5.82. The molecule has 0 aromatic heterocycles. The molecule has 156 valence electrons. The molecule has 1 saturated heterocycles. The van der Waals surface area contributed by atoms with Gasteiger partial charge < -0.3 is 18.9 Å². The molecule has 0 spiro atoms. The maximum absolute atomic E-state index is 5.82. The second-order valence-corrected chi connectivity index (χ2v) is 7.65. The van der Waals surface area contributed by atoms with Gasteiger partial charge in [0, 0.05) is 12.5 Å². The summed E-state index contributed by atoms with van der Waals surface area (Å²) in [5.74, 6) is 1.71. The number of hydrogen-bond acceptors (Lipinski definition) is 4. The molecule has 1 aliphatic rings. The lowest BCUT2D eigenvalue weighted by Gasteiger charge is -2.32. The first-order valence-corrected chi connectivity index (χ1v) is 10.3. The van der Waals surface area contributed by atoms with Crippen LogP contribution in [0.2, 0.25) is 0 Å². The van der Waals surface area contributed by atoms with Crippen LogP contribution in [0.5, 0.6) is 11.5 Å². The minimum absolute atomic E-state index is 0.254. The zero-order chi connectivity index (χ0) is 20.8. The van der Waals surface area contributed by atoms with E-state index in [0.29, 0.717) is 19.8 Å². The van der Waals surface area contributed by atoms with Gasteiger partial charge in [-0.2, -0.15) is 0 Å². The molecule has 0 aliphatic carbocycles. The smallest absolute Gasteiger partial charge is 0.119 e. The number of rotatable bonds is 10. The maximum Gasteiger partial charge on any atom is 0.119 e. The Bertz CT molecular complexity index is 918. The summed E-state index contributed by atoms with van der Waals surface area (Å²) in [5.41, 5.74) is 3.34. The molecule has 1 aliphatic heterocycles. The number of ether oxygens (including phenoxy) is 4. The van der Waals surface area contributed by atoms with Crippen molar-refractivity contribution in [3.63, 3.8) is 0 Å². The van der Waals surface area contributed by atoms with E-state index in [9.17, 15) is 0 Å². The predicted molar refractivity (Wildman–Crippen MR) is 117 cm³/mol. The van der Waals surface area contributed by atoms with Gasteiger partial charge in [-0.3, -0.25) is 0 Å². The Morgan fingerprint density at radius 1 is 0.767 bits per heavy atom. The Balaban J connectivity index is 1.62. The van der Waals surface area contributed by atoms with E-state index < -0.39 is 0 Å². The molecular weight excluding hydrogens is 376 g/mol. The molecule has 1 heterocycles. The van der Waals surface area contributed by atoms with Crippen molar-refractivity contribution in [3.8, 4) is 11.5 Å². The zero-order valence-electron chi connectivity index (χ0n) is 17.5. The van der Waals surface area contributed by atoms with E-state index >= 15 is 0 Å². The van der Waals surface area contributed by atoms with Crippen LogP contribution in [0, 0.1) is 0 Å². The topological polar surface area (TPSA) is 40.2 Å². The number of hydrogen-bond donors (Lipinski definition) is 0. The summed E-state index contributed by atoms with van der Waals surface area (Å²) in [4.78, 5) is 0.